The molecule has 0 aliphatic carbocycles. The maximum Gasteiger partial charge on any atom is 0.206 e. The summed E-state index contributed by atoms with van der Waals surface area (Å²) in [5.41, 5.74) is 0.696. The summed E-state index contributed by atoms with van der Waals surface area (Å²) in [7, 11) is 1.58. The molecule has 0 saturated heterocycles. The number of carbonyl (C=O) groups excluding carboxylic acids is 1. The largest absolute Gasteiger partial charge is 0.495 e. The Morgan fingerprint density at radius 3 is 2.56 bits per heavy atom. The van der Waals surface area contributed by atoms with Gasteiger partial charge in [0.05, 0.1) is 7.11 Å². The number of carbonyl (C=O) groups is 1. The van der Waals surface area contributed by atoms with Crippen molar-refractivity contribution >= 4 is 39.7 Å². The van der Waals surface area contributed by atoms with E-state index in [1.807, 2.05) is 35.7 Å². The highest BCUT2D eigenvalue weighted by Crippen LogP contribution is 2.27. The number of ketones is 1. The molecule has 0 N–H and O–H groups in total. The van der Waals surface area contributed by atoms with Gasteiger partial charge in [-0.05, 0) is 58.3 Å². The Morgan fingerprint density at radius 2 is 1.94 bits per heavy atom. The van der Waals surface area contributed by atoms with Crippen LogP contribution in [-0.2, 0) is 0 Å². The van der Waals surface area contributed by atoms with Gasteiger partial charge in [0.1, 0.15) is 10.6 Å². The monoisotopic (exact) mass is 344 g/mol. The van der Waals surface area contributed by atoms with E-state index in [0.29, 0.717) is 16.2 Å². The standard InChI is InChI=1S/C12H9IO2S/c1-15-10-6-7-16-12(10)11(14)8-2-4-9(13)5-3-8/h2-7H,1H3. The average Bonchev–Trinajstić information content (AvgIpc) is 2.77. The molecule has 1 heterocycles. The summed E-state index contributed by atoms with van der Waals surface area (Å²) in [4.78, 5) is 12.8. The molecule has 2 rings (SSSR count). The Kier molecular flexibility index (Phi) is 3.60. The molecule has 0 aliphatic rings. The first-order chi connectivity index (χ1) is 7.72. The zero-order valence-electron chi connectivity index (χ0n) is 8.57. The van der Waals surface area contributed by atoms with E-state index in [-0.39, 0.29) is 5.78 Å². The second kappa shape index (κ2) is 4.97. The molecule has 0 bridgehead atoms. The summed E-state index contributed by atoms with van der Waals surface area (Å²) in [6, 6.07) is 9.33. The van der Waals surface area contributed by atoms with Crippen LogP contribution in [0.2, 0.25) is 0 Å². The SMILES string of the molecule is COc1ccsc1C(=O)c1ccc(I)cc1. The fourth-order valence-electron chi connectivity index (χ4n) is 1.36. The van der Waals surface area contributed by atoms with E-state index in [1.54, 1.807) is 7.11 Å². The summed E-state index contributed by atoms with van der Waals surface area (Å²) in [5.74, 6) is 0.664. The number of benzene rings is 1. The molecular formula is C12H9IO2S. The van der Waals surface area contributed by atoms with Crippen LogP contribution < -0.4 is 4.74 Å². The van der Waals surface area contributed by atoms with Crippen LogP contribution in [-0.4, -0.2) is 12.9 Å². The Balaban J connectivity index is 2.35. The number of ether oxygens (including phenoxy) is 1. The molecule has 16 heavy (non-hydrogen) atoms. The predicted octanol–water partition coefficient (Wildman–Crippen LogP) is 3.59. The predicted molar refractivity (Wildman–Crippen MR) is 73.5 cm³/mol. The molecule has 0 aliphatic heterocycles. The summed E-state index contributed by atoms with van der Waals surface area (Å²) < 4.78 is 6.26. The molecule has 2 aromatic rings. The van der Waals surface area contributed by atoms with Gasteiger partial charge in [0.25, 0.3) is 0 Å². The second-order valence-corrected chi connectivity index (χ2v) is 5.32. The Bertz CT molecular complexity index is 502. The maximum absolute atomic E-state index is 12.1. The molecule has 0 radical (unpaired) electrons. The Hall–Kier alpha value is -0.880. The van der Waals surface area contributed by atoms with Crippen molar-refractivity contribution in [2.75, 3.05) is 7.11 Å². The Labute approximate surface area is 111 Å². The van der Waals surface area contributed by atoms with Gasteiger partial charge in [0.15, 0.2) is 0 Å². The third kappa shape index (κ3) is 2.27. The van der Waals surface area contributed by atoms with E-state index in [0.717, 1.165) is 3.57 Å². The van der Waals surface area contributed by atoms with Crippen LogP contribution in [0.25, 0.3) is 0 Å². The van der Waals surface area contributed by atoms with Crippen LogP contribution in [0.1, 0.15) is 15.2 Å². The minimum atomic E-state index is 0.0169. The maximum atomic E-state index is 12.1. The van der Waals surface area contributed by atoms with Gasteiger partial charge in [-0.3, -0.25) is 4.79 Å². The first kappa shape index (κ1) is 11.6. The van der Waals surface area contributed by atoms with Gasteiger partial charge in [0, 0.05) is 9.13 Å². The van der Waals surface area contributed by atoms with E-state index in [1.165, 1.54) is 11.3 Å². The van der Waals surface area contributed by atoms with Crippen molar-refractivity contribution in [1.29, 1.82) is 0 Å². The minimum Gasteiger partial charge on any atom is -0.495 e. The molecule has 1 aromatic carbocycles. The number of thiophene rings is 1. The van der Waals surface area contributed by atoms with Crippen molar-refractivity contribution in [3.05, 3.63) is 49.7 Å². The lowest BCUT2D eigenvalue weighted by Gasteiger charge is -2.02. The zero-order valence-corrected chi connectivity index (χ0v) is 11.5. The molecule has 82 valence electrons. The Morgan fingerprint density at radius 1 is 1.25 bits per heavy atom. The van der Waals surface area contributed by atoms with Gasteiger partial charge in [-0.15, -0.1) is 11.3 Å². The smallest absolute Gasteiger partial charge is 0.206 e. The zero-order chi connectivity index (χ0) is 11.5. The fourth-order valence-corrected chi connectivity index (χ4v) is 2.54. The molecule has 0 spiro atoms. The van der Waals surface area contributed by atoms with Gasteiger partial charge >= 0.3 is 0 Å². The van der Waals surface area contributed by atoms with Crippen LogP contribution >= 0.6 is 33.9 Å². The number of hydrogen-bond acceptors (Lipinski definition) is 3. The van der Waals surface area contributed by atoms with Crippen molar-refractivity contribution in [1.82, 2.24) is 0 Å². The number of rotatable bonds is 3. The molecule has 1 aromatic heterocycles. The van der Waals surface area contributed by atoms with E-state index >= 15 is 0 Å². The van der Waals surface area contributed by atoms with E-state index in [2.05, 4.69) is 22.6 Å². The van der Waals surface area contributed by atoms with Crippen LogP contribution in [0, 0.1) is 3.57 Å². The van der Waals surface area contributed by atoms with Gasteiger partial charge < -0.3 is 4.74 Å². The highest BCUT2D eigenvalue weighted by Gasteiger charge is 2.15. The molecule has 0 fully saturated rings. The third-order valence-corrected chi connectivity index (χ3v) is 3.78. The van der Waals surface area contributed by atoms with Crippen LogP contribution in [0.4, 0.5) is 0 Å². The quantitative estimate of drug-likeness (QED) is 0.628. The molecule has 0 unspecified atom stereocenters. The van der Waals surface area contributed by atoms with Gasteiger partial charge in [-0.2, -0.15) is 0 Å². The molecule has 2 nitrogen and oxygen atoms in total. The first-order valence-corrected chi connectivity index (χ1v) is 6.60. The lowest BCUT2D eigenvalue weighted by atomic mass is 10.1. The summed E-state index contributed by atoms with van der Waals surface area (Å²) in [6.07, 6.45) is 0. The molecule has 4 heteroatoms. The van der Waals surface area contributed by atoms with Crippen molar-refractivity contribution in [2.24, 2.45) is 0 Å². The highest BCUT2D eigenvalue weighted by atomic mass is 127. The van der Waals surface area contributed by atoms with Gasteiger partial charge in [-0.25, -0.2) is 0 Å². The van der Waals surface area contributed by atoms with E-state index in [4.69, 9.17) is 4.74 Å². The lowest BCUT2D eigenvalue weighted by Crippen LogP contribution is -2.00. The van der Waals surface area contributed by atoms with Crippen molar-refractivity contribution in [3.8, 4) is 5.75 Å². The van der Waals surface area contributed by atoms with Crippen molar-refractivity contribution in [3.63, 3.8) is 0 Å². The summed E-state index contributed by atoms with van der Waals surface area (Å²) in [5, 5.41) is 1.86. The van der Waals surface area contributed by atoms with E-state index in [9.17, 15) is 4.79 Å². The van der Waals surface area contributed by atoms with Crippen LogP contribution in [0.15, 0.2) is 35.7 Å². The van der Waals surface area contributed by atoms with Crippen molar-refractivity contribution < 1.29 is 9.53 Å². The molecule has 0 saturated carbocycles. The number of halogens is 1. The summed E-state index contributed by atoms with van der Waals surface area (Å²) >= 11 is 3.62. The van der Waals surface area contributed by atoms with E-state index < -0.39 is 0 Å². The van der Waals surface area contributed by atoms with Gasteiger partial charge in [-0.1, -0.05) is 0 Å². The van der Waals surface area contributed by atoms with Crippen molar-refractivity contribution in [2.45, 2.75) is 0 Å². The normalized spacial score (nSPS) is 10.1. The number of hydrogen-bond donors (Lipinski definition) is 0. The second-order valence-electron chi connectivity index (χ2n) is 3.15. The number of methoxy groups -OCH3 is 1. The molecule has 0 atom stereocenters. The van der Waals surface area contributed by atoms with Crippen LogP contribution in [0.5, 0.6) is 5.75 Å². The third-order valence-electron chi connectivity index (χ3n) is 2.16. The van der Waals surface area contributed by atoms with Crippen LogP contribution in [0.3, 0.4) is 0 Å². The topological polar surface area (TPSA) is 26.3 Å². The average molecular weight is 344 g/mol. The van der Waals surface area contributed by atoms with Gasteiger partial charge in [0.2, 0.25) is 5.78 Å². The first-order valence-electron chi connectivity index (χ1n) is 4.64. The molecule has 0 amide bonds. The minimum absolute atomic E-state index is 0.0169. The lowest BCUT2D eigenvalue weighted by molar-refractivity contribution is 0.104. The highest BCUT2D eigenvalue weighted by molar-refractivity contribution is 14.1. The fraction of sp³-hybridized carbons (Fsp3) is 0.0833. The molecular weight excluding hydrogens is 335 g/mol. The summed E-state index contributed by atoms with van der Waals surface area (Å²) in [6.45, 7) is 0.